The van der Waals surface area contributed by atoms with Crippen molar-refractivity contribution in [2.75, 3.05) is 56.6 Å². The van der Waals surface area contributed by atoms with Crippen LogP contribution in [0.15, 0.2) is 57.1 Å². The monoisotopic (exact) mass is 725 g/mol. The second kappa shape index (κ2) is 13.6. The number of benzene rings is 2. The van der Waals surface area contributed by atoms with Crippen molar-refractivity contribution in [2.24, 2.45) is 0 Å². The highest BCUT2D eigenvalue weighted by molar-refractivity contribution is 6.04. The SMILES string of the molecule is C=CC(=O)N1CC2CN(CCCN(C)C)c3c(c4cc(F)c(-c5c(C)ccc6[nH]c(=O)oc56)c(F)c4n(-c4c(C)ccnc4C(C)C)c3=O)N2CC1C. The summed E-state index contributed by atoms with van der Waals surface area (Å²) in [6.07, 6.45) is 3.69. The molecule has 0 radical (unpaired) electrons. The fourth-order valence-corrected chi connectivity index (χ4v) is 8.19. The van der Waals surface area contributed by atoms with Crippen LogP contribution in [0.2, 0.25) is 0 Å². The molecule has 1 amide bonds. The van der Waals surface area contributed by atoms with Crippen molar-refractivity contribution in [3.63, 3.8) is 0 Å². The van der Waals surface area contributed by atoms with Gasteiger partial charge < -0.3 is 24.0 Å². The molecule has 0 spiro atoms. The van der Waals surface area contributed by atoms with Crippen LogP contribution >= 0.6 is 0 Å². The van der Waals surface area contributed by atoms with Gasteiger partial charge >= 0.3 is 5.76 Å². The second-order valence-electron chi connectivity index (χ2n) is 14.9. The summed E-state index contributed by atoms with van der Waals surface area (Å²) in [5.41, 5.74) is 2.40. The number of fused-ring (bicyclic) bond motifs is 6. The number of carbonyl (C=O) groups excluding carboxylic acids is 1. The largest absolute Gasteiger partial charge is 0.417 e. The van der Waals surface area contributed by atoms with Gasteiger partial charge in [0.25, 0.3) is 5.56 Å². The third kappa shape index (κ3) is 5.91. The standard InChI is InChI=1S/C40H45F2N7O4/c1-9-29(50)47-20-25-19-46(16-10-15-45(7)8)37-36(48(25)18-24(47)6)26-17-27(41)31(30-22(4)11-12-28-38(30)53-40(52)44-28)32(42)35(26)49(39(37)51)34-23(5)13-14-43-33(34)21(2)3/h9,11-14,17,21,24-25H,1,10,15-16,18-20H2,2-8H3,(H,44,52). The fraction of sp³-hybridized carbons (Fsp3) is 0.400. The summed E-state index contributed by atoms with van der Waals surface area (Å²) in [5, 5.41) is 0.217. The number of piperazine rings is 1. The molecule has 5 heterocycles. The molecule has 5 aromatic rings. The van der Waals surface area contributed by atoms with Gasteiger partial charge in [-0.05, 0) is 89.2 Å². The Morgan fingerprint density at radius 2 is 1.83 bits per heavy atom. The molecular formula is C40H45F2N7O4. The Bertz CT molecular complexity index is 2410. The summed E-state index contributed by atoms with van der Waals surface area (Å²) in [7, 11) is 3.96. The molecule has 2 unspecified atom stereocenters. The summed E-state index contributed by atoms with van der Waals surface area (Å²) < 4.78 is 41.8. The molecule has 1 N–H and O–H groups in total. The zero-order valence-corrected chi connectivity index (χ0v) is 31.2. The normalized spacial score (nSPS) is 17.3. The molecule has 2 aromatic carbocycles. The van der Waals surface area contributed by atoms with E-state index in [1.165, 1.54) is 16.7 Å². The second-order valence-corrected chi connectivity index (χ2v) is 14.9. The van der Waals surface area contributed by atoms with E-state index in [0.29, 0.717) is 65.6 Å². The van der Waals surface area contributed by atoms with E-state index in [1.54, 1.807) is 36.2 Å². The van der Waals surface area contributed by atoms with Gasteiger partial charge in [0.15, 0.2) is 11.4 Å². The van der Waals surface area contributed by atoms with Gasteiger partial charge in [-0.15, -0.1) is 0 Å². The highest BCUT2D eigenvalue weighted by Crippen LogP contribution is 2.46. The minimum absolute atomic E-state index is 0.0170. The molecule has 0 bridgehead atoms. The molecular weight excluding hydrogens is 680 g/mol. The van der Waals surface area contributed by atoms with Gasteiger partial charge in [-0.2, -0.15) is 0 Å². The number of nitrogens with one attached hydrogen (secondary N) is 1. The lowest BCUT2D eigenvalue weighted by molar-refractivity contribution is -0.128. The van der Waals surface area contributed by atoms with Crippen molar-refractivity contribution in [1.82, 2.24) is 24.3 Å². The molecule has 11 nitrogen and oxygen atoms in total. The van der Waals surface area contributed by atoms with Crippen molar-refractivity contribution < 1.29 is 18.0 Å². The van der Waals surface area contributed by atoms with Gasteiger partial charge in [-0.3, -0.25) is 24.1 Å². The average molecular weight is 726 g/mol. The van der Waals surface area contributed by atoms with E-state index < -0.39 is 28.5 Å². The van der Waals surface area contributed by atoms with Crippen molar-refractivity contribution in [1.29, 1.82) is 0 Å². The van der Waals surface area contributed by atoms with E-state index in [9.17, 15) is 9.59 Å². The number of pyridine rings is 2. The maximum absolute atomic E-state index is 17.9. The van der Waals surface area contributed by atoms with Crippen molar-refractivity contribution in [3.8, 4) is 16.8 Å². The molecule has 2 aliphatic heterocycles. The number of anilines is 2. The minimum atomic E-state index is -0.966. The van der Waals surface area contributed by atoms with E-state index in [1.807, 2.05) is 46.7 Å². The van der Waals surface area contributed by atoms with E-state index in [2.05, 4.69) is 26.3 Å². The topological polar surface area (TPSA) is 111 Å². The maximum atomic E-state index is 17.9. The predicted molar refractivity (Wildman–Crippen MR) is 205 cm³/mol. The third-order valence-corrected chi connectivity index (χ3v) is 10.6. The lowest BCUT2D eigenvalue weighted by Gasteiger charge is -2.52. The molecule has 13 heteroatoms. The number of oxazole rings is 1. The number of hydrogen-bond acceptors (Lipinski definition) is 8. The quantitative estimate of drug-likeness (QED) is 0.198. The van der Waals surface area contributed by atoms with Crippen LogP contribution in [0, 0.1) is 25.5 Å². The van der Waals surface area contributed by atoms with E-state index in [-0.39, 0.29) is 46.0 Å². The number of aromatic nitrogens is 3. The number of nitrogens with zero attached hydrogens (tertiary/aromatic N) is 6. The molecule has 53 heavy (non-hydrogen) atoms. The van der Waals surface area contributed by atoms with Gasteiger partial charge in [-0.25, -0.2) is 13.6 Å². The Hall–Kier alpha value is -5.30. The third-order valence-electron chi connectivity index (χ3n) is 10.6. The Labute approximate surface area is 306 Å². The van der Waals surface area contributed by atoms with Gasteiger partial charge in [0.1, 0.15) is 11.5 Å². The van der Waals surface area contributed by atoms with Crippen LogP contribution in [0.25, 0.3) is 38.8 Å². The Morgan fingerprint density at radius 3 is 2.53 bits per heavy atom. The molecule has 2 aliphatic rings. The van der Waals surface area contributed by atoms with Crippen LogP contribution in [0.3, 0.4) is 0 Å². The highest BCUT2D eigenvalue weighted by Gasteiger charge is 2.43. The molecule has 1 saturated heterocycles. The van der Waals surface area contributed by atoms with Crippen molar-refractivity contribution >= 4 is 39.3 Å². The van der Waals surface area contributed by atoms with E-state index in [4.69, 9.17) is 4.42 Å². The van der Waals surface area contributed by atoms with Gasteiger partial charge in [0.05, 0.1) is 39.7 Å². The van der Waals surface area contributed by atoms with Gasteiger partial charge in [0, 0.05) is 49.4 Å². The van der Waals surface area contributed by atoms with Crippen molar-refractivity contribution in [2.45, 2.75) is 59.0 Å². The number of amides is 1. The minimum Gasteiger partial charge on any atom is -0.407 e. The zero-order chi connectivity index (χ0) is 38.0. The van der Waals surface area contributed by atoms with Crippen LogP contribution < -0.4 is 21.1 Å². The fourth-order valence-electron chi connectivity index (χ4n) is 8.19. The Kier molecular flexibility index (Phi) is 9.25. The summed E-state index contributed by atoms with van der Waals surface area (Å²) >= 11 is 0. The van der Waals surface area contributed by atoms with E-state index in [0.717, 1.165) is 13.0 Å². The van der Waals surface area contributed by atoms with Crippen molar-refractivity contribution in [3.05, 3.63) is 92.5 Å². The highest BCUT2D eigenvalue weighted by atomic mass is 19.1. The Balaban J connectivity index is 1.63. The van der Waals surface area contributed by atoms with Gasteiger partial charge in [0.2, 0.25) is 5.91 Å². The number of aromatic amines is 1. The lowest BCUT2D eigenvalue weighted by atomic mass is 9.93. The van der Waals surface area contributed by atoms with E-state index >= 15 is 13.6 Å². The smallest absolute Gasteiger partial charge is 0.407 e. The number of aryl methyl sites for hydroxylation is 2. The van der Waals surface area contributed by atoms with Crippen LogP contribution in [0.4, 0.5) is 20.2 Å². The Morgan fingerprint density at radius 1 is 1.08 bits per heavy atom. The summed E-state index contributed by atoms with van der Waals surface area (Å²) in [5.74, 6) is -2.93. The van der Waals surface area contributed by atoms with Crippen LogP contribution in [-0.4, -0.2) is 89.1 Å². The van der Waals surface area contributed by atoms with Crippen LogP contribution in [0.1, 0.15) is 49.9 Å². The molecule has 3 aromatic heterocycles. The number of carbonyl (C=O) groups is 1. The number of rotatable bonds is 8. The number of H-pyrrole nitrogens is 1. The molecule has 278 valence electrons. The number of halogens is 2. The van der Waals surface area contributed by atoms with Crippen LogP contribution in [0.5, 0.6) is 0 Å². The molecule has 1 fully saturated rings. The zero-order valence-electron chi connectivity index (χ0n) is 31.2. The molecule has 2 atom stereocenters. The average Bonchev–Trinajstić information content (AvgIpc) is 3.49. The van der Waals surface area contributed by atoms with Gasteiger partial charge in [-0.1, -0.05) is 26.5 Å². The first kappa shape index (κ1) is 36.1. The summed E-state index contributed by atoms with van der Waals surface area (Å²) in [4.78, 5) is 55.9. The molecule has 7 rings (SSSR count). The first-order chi connectivity index (χ1) is 25.2. The first-order valence-electron chi connectivity index (χ1n) is 18.0. The summed E-state index contributed by atoms with van der Waals surface area (Å²) in [6, 6.07) is 5.82. The molecule has 0 saturated carbocycles. The predicted octanol–water partition coefficient (Wildman–Crippen LogP) is 5.87. The maximum Gasteiger partial charge on any atom is 0.417 e. The lowest BCUT2D eigenvalue weighted by Crippen LogP contribution is -2.64. The first-order valence-corrected chi connectivity index (χ1v) is 18.0. The van der Waals surface area contributed by atoms with Crippen LogP contribution in [-0.2, 0) is 4.79 Å². The molecule has 0 aliphatic carbocycles. The summed E-state index contributed by atoms with van der Waals surface area (Å²) in [6.45, 7) is 15.4. The number of hydrogen-bond donors (Lipinski definition) is 1.